The predicted octanol–water partition coefficient (Wildman–Crippen LogP) is 2.96. The first-order valence-electron chi connectivity index (χ1n) is 7.91. The van der Waals surface area contributed by atoms with Gasteiger partial charge in [-0.1, -0.05) is 29.3 Å². The standard InChI is InChI=1S/C16H20Cl2N6/c1-10(12-6-5-11(17)8-13(12)18)21-16(19-2)20-9-15-23-22-14-4-3-7-24(14)15/h5-6,8,10H,3-4,7,9H2,1-2H3,(H2,19,20,21). The van der Waals surface area contributed by atoms with Gasteiger partial charge in [-0.2, -0.15) is 0 Å². The fourth-order valence-electron chi connectivity index (χ4n) is 2.83. The molecule has 0 fully saturated rings. The molecule has 2 N–H and O–H groups in total. The number of hydrogen-bond acceptors (Lipinski definition) is 3. The van der Waals surface area contributed by atoms with Crippen molar-refractivity contribution in [2.75, 3.05) is 7.05 Å². The van der Waals surface area contributed by atoms with Crippen molar-refractivity contribution in [2.24, 2.45) is 4.99 Å². The zero-order valence-corrected chi connectivity index (χ0v) is 15.2. The summed E-state index contributed by atoms with van der Waals surface area (Å²) >= 11 is 12.2. The maximum absolute atomic E-state index is 6.27. The number of aromatic nitrogens is 3. The maximum Gasteiger partial charge on any atom is 0.191 e. The molecule has 2 aromatic rings. The molecule has 1 aliphatic heterocycles. The third-order valence-corrected chi connectivity index (χ3v) is 4.67. The van der Waals surface area contributed by atoms with E-state index in [9.17, 15) is 0 Å². The first-order chi connectivity index (χ1) is 11.6. The molecule has 0 saturated heterocycles. The second kappa shape index (κ2) is 7.40. The van der Waals surface area contributed by atoms with Crippen molar-refractivity contribution in [1.82, 2.24) is 25.4 Å². The molecule has 128 valence electrons. The second-order valence-electron chi connectivity index (χ2n) is 5.75. The molecule has 6 nitrogen and oxygen atoms in total. The van der Waals surface area contributed by atoms with Crippen LogP contribution in [0.5, 0.6) is 0 Å². The lowest BCUT2D eigenvalue weighted by Gasteiger charge is -2.19. The van der Waals surface area contributed by atoms with Crippen LogP contribution < -0.4 is 10.6 Å². The molecule has 2 heterocycles. The molecule has 3 rings (SSSR count). The molecule has 1 aromatic heterocycles. The topological polar surface area (TPSA) is 67.1 Å². The van der Waals surface area contributed by atoms with Gasteiger partial charge < -0.3 is 15.2 Å². The van der Waals surface area contributed by atoms with Crippen molar-refractivity contribution in [3.63, 3.8) is 0 Å². The smallest absolute Gasteiger partial charge is 0.191 e. The lowest BCUT2D eigenvalue weighted by atomic mass is 10.1. The highest BCUT2D eigenvalue weighted by atomic mass is 35.5. The Morgan fingerprint density at radius 2 is 2.21 bits per heavy atom. The summed E-state index contributed by atoms with van der Waals surface area (Å²) in [4.78, 5) is 4.26. The first kappa shape index (κ1) is 17.0. The van der Waals surface area contributed by atoms with Crippen LogP contribution in [0.25, 0.3) is 0 Å². The summed E-state index contributed by atoms with van der Waals surface area (Å²) < 4.78 is 2.17. The SMILES string of the molecule is CN=C(NCc1nnc2n1CCC2)NC(C)c1ccc(Cl)cc1Cl. The van der Waals surface area contributed by atoms with Gasteiger partial charge in [0.1, 0.15) is 5.82 Å². The average Bonchev–Trinajstić information content (AvgIpc) is 3.15. The van der Waals surface area contributed by atoms with E-state index in [2.05, 4.69) is 30.4 Å². The van der Waals surface area contributed by atoms with Gasteiger partial charge in [0, 0.05) is 30.1 Å². The summed E-state index contributed by atoms with van der Waals surface area (Å²) in [7, 11) is 1.74. The van der Waals surface area contributed by atoms with E-state index in [0.717, 1.165) is 36.6 Å². The van der Waals surface area contributed by atoms with E-state index in [1.807, 2.05) is 19.1 Å². The summed E-state index contributed by atoms with van der Waals surface area (Å²) in [5.74, 6) is 2.68. The van der Waals surface area contributed by atoms with Gasteiger partial charge in [0.25, 0.3) is 0 Å². The quantitative estimate of drug-likeness (QED) is 0.644. The number of fused-ring (bicyclic) bond motifs is 1. The number of guanidine groups is 1. The monoisotopic (exact) mass is 366 g/mol. The van der Waals surface area contributed by atoms with Crippen molar-refractivity contribution in [3.8, 4) is 0 Å². The molecule has 0 aliphatic carbocycles. The van der Waals surface area contributed by atoms with Gasteiger partial charge in [-0.3, -0.25) is 4.99 Å². The number of halogens is 2. The van der Waals surface area contributed by atoms with Crippen LogP contribution in [0.15, 0.2) is 23.2 Å². The van der Waals surface area contributed by atoms with Crippen LogP contribution in [-0.2, 0) is 19.5 Å². The minimum atomic E-state index is -0.00918. The maximum atomic E-state index is 6.27. The Kier molecular flexibility index (Phi) is 5.26. The zero-order valence-electron chi connectivity index (χ0n) is 13.7. The molecule has 0 bridgehead atoms. The fourth-order valence-corrected chi connectivity index (χ4v) is 3.41. The van der Waals surface area contributed by atoms with Gasteiger partial charge in [-0.25, -0.2) is 0 Å². The number of hydrogen-bond donors (Lipinski definition) is 2. The third-order valence-electron chi connectivity index (χ3n) is 4.11. The minimum absolute atomic E-state index is 0.00918. The van der Waals surface area contributed by atoms with E-state index in [1.54, 1.807) is 13.1 Å². The van der Waals surface area contributed by atoms with Crippen molar-refractivity contribution in [1.29, 1.82) is 0 Å². The van der Waals surface area contributed by atoms with Gasteiger partial charge in [0.2, 0.25) is 0 Å². The highest BCUT2D eigenvalue weighted by Crippen LogP contribution is 2.26. The third kappa shape index (κ3) is 3.65. The van der Waals surface area contributed by atoms with Crippen LogP contribution in [-0.4, -0.2) is 27.8 Å². The van der Waals surface area contributed by atoms with E-state index in [0.29, 0.717) is 22.5 Å². The van der Waals surface area contributed by atoms with Crippen molar-refractivity contribution in [2.45, 2.75) is 38.9 Å². The molecule has 0 radical (unpaired) electrons. The Labute approximate surface area is 151 Å². The molecule has 1 aromatic carbocycles. The lowest BCUT2D eigenvalue weighted by molar-refractivity contribution is 0.646. The van der Waals surface area contributed by atoms with E-state index >= 15 is 0 Å². The summed E-state index contributed by atoms with van der Waals surface area (Å²) in [6, 6.07) is 5.48. The Morgan fingerprint density at radius 1 is 1.38 bits per heavy atom. The number of nitrogens with one attached hydrogen (secondary N) is 2. The first-order valence-corrected chi connectivity index (χ1v) is 8.67. The van der Waals surface area contributed by atoms with E-state index in [-0.39, 0.29) is 6.04 Å². The average molecular weight is 367 g/mol. The number of aryl methyl sites for hydroxylation is 1. The largest absolute Gasteiger partial charge is 0.350 e. The zero-order chi connectivity index (χ0) is 17.1. The molecule has 1 aliphatic rings. The Bertz CT molecular complexity index is 755. The van der Waals surface area contributed by atoms with Gasteiger partial charge in [-0.15, -0.1) is 10.2 Å². The molecule has 0 spiro atoms. The highest BCUT2D eigenvalue weighted by molar-refractivity contribution is 6.35. The number of benzene rings is 1. The Balaban J connectivity index is 1.62. The molecule has 1 atom stereocenters. The summed E-state index contributed by atoms with van der Waals surface area (Å²) in [6.45, 7) is 3.59. The molecular formula is C16H20Cl2N6. The van der Waals surface area contributed by atoms with Gasteiger partial charge >= 0.3 is 0 Å². The van der Waals surface area contributed by atoms with Crippen LogP contribution >= 0.6 is 23.2 Å². The number of rotatable bonds is 4. The van der Waals surface area contributed by atoms with Gasteiger partial charge in [-0.05, 0) is 31.0 Å². The Hall–Kier alpha value is -1.79. The molecule has 8 heteroatoms. The Morgan fingerprint density at radius 3 is 2.96 bits per heavy atom. The van der Waals surface area contributed by atoms with Crippen LogP contribution in [0, 0.1) is 0 Å². The number of aliphatic imine (C=N–C) groups is 1. The normalized spacial score (nSPS) is 15.2. The predicted molar refractivity (Wildman–Crippen MR) is 96.6 cm³/mol. The summed E-state index contributed by atoms with van der Waals surface area (Å²) in [5.41, 5.74) is 0.965. The molecule has 24 heavy (non-hydrogen) atoms. The summed E-state index contributed by atoms with van der Waals surface area (Å²) in [5, 5.41) is 16.3. The van der Waals surface area contributed by atoms with Crippen molar-refractivity contribution in [3.05, 3.63) is 45.5 Å². The minimum Gasteiger partial charge on any atom is -0.350 e. The lowest BCUT2D eigenvalue weighted by Crippen LogP contribution is -2.38. The van der Waals surface area contributed by atoms with E-state index in [1.165, 1.54) is 0 Å². The van der Waals surface area contributed by atoms with Gasteiger partial charge in [0.15, 0.2) is 11.8 Å². The molecule has 0 amide bonds. The molecule has 1 unspecified atom stereocenters. The van der Waals surface area contributed by atoms with Crippen LogP contribution in [0.1, 0.15) is 36.6 Å². The van der Waals surface area contributed by atoms with Crippen LogP contribution in [0.3, 0.4) is 0 Å². The van der Waals surface area contributed by atoms with Crippen molar-refractivity contribution >= 4 is 29.2 Å². The van der Waals surface area contributed by atoms with Crippen LogP contribution in [0.2, 0.25) is 10.0 Å². The fraction of sp³-hybridized carbons (Fsp3) is 0.438. The highest BCUT2D eigenvalue weighted by Gasteiger charge is 2.17. The van der Waals surface area contributed by atoms with E-state index in [4.69, 9.17) is 23.2 Å². The second-order valence-corrected chi connectivity index (χ2v) is 6.59. The van der Waals surface area contributed by atoms with Crippen LogP contribution in [0.4, 0.5) is 0 Å². The molecule has 0 saturated carbocycles. The summed E-state index contributed by atoms with van der Waals surface area (Å²) in [6.07, 6.45) is 2.14. The van der Waals surface area contributed by atoms with Gasteiger partial charge in [0.05, 0.1) is 12.6 Å². The number of nitrogens with zero attached hydrogens (tertiary/aromatic N) is 4. The molecular weight excluding hydrogens is 347 g/mol. The van der Waals surface area contributed by atoms with E-state index < -0.39 is 0 Å². The van der Waals surface area contributed by atoms with Crippen molar-refractivity contribution < 1.29 is 0 Å².